The standard InChI is InChI=1S/C21H21N3O4S/c1-11-18(13(3)25)12(2)23-19(11)20(27)14(4)28-17(26)8-16-10-29-21(24-16)15-6-5-7-22-9-15/h5-7,9-10,14,23H,8H2,1-4H3/t14-/m0/s1. The molecule has 0 aliphatic heterocycles. The second-order valence-corrected chi connectivity index (χ2v) is 7.60. The number of ketones is 2. The minimum Gasteiger partial charge on any atom is -0.454 e. The Morgan fingerprint density at radius 1 is 1.28 bits per heavy atom. The van der Waals surface area contributed by atoms with Gasteiger partial charge in [0.05, 0.1) is 17.8 Å². The monoisotopic (exact) mass is 411 g/mol. The second kappa shape index (κ2) is 8.48. The summed E-state index contributed by atoms with van der Waals surface area (Å²) in [6, 6.07) is 3.71. The first kappa shape index (κ1) is 20.6. The van der Waals surface area contributed by atoms with Crippen LogP contribution in [0.15, 0.2) is 29.9 Å². The Morgan fingerprint density at radius 2 is 2.03 bits per heavy atom. The number of thiazole rings is 1. The smallest absolute Gasteiger partial charge is 0.312 e. The number of carbonyl (C=O) groups is 3. The van der Waals surface area contributed by atoms with E-state index in [9.17, 15) is 14.4 Å². The van der Waals surface area contributed by atoms with Gasteiger partial charge in [-0.3, -0.25) is 19.4 Å². The van der Waals surface area contributed by atoms with Crippen molar-refractivity contribution in [2.45, 2.75) is 40.2 Å². The molecule has 0 radical (unpaired) electrons. The summed E-state index contributed by atoms with van der Waals surface area (Å²) in [5.41, 5.74) is 3.44. The molecule has 0 unspecified atom stereocenters. The Morgan fingerprint density at radius 3 is 2.66 bits per heavy atom. The van der Waals surface area contributed by atoms with Gasteiger partial charge in [-0.05, 0) is 45.4 Å². The van der Waals surface area contributed by atoms with Crippen LogP contribution in [0.2, 0.25) is 0 Å². The normalized spacial score (nSPS) is 11.9. The molecule has 0 bridgehead atoms. The maximum absolute atomic E-state index is 12.7. The molecule has 3 rings (SSSR count). The van der Waals surface area contributed by atoms with Crippen LogP contribution in [-0.4, -0.2) is 38.6 Å². The van der Waals surface area contributed by atoms with Crippen LogP contribution in [0.3, 0.4) is 0 Å². The summed E-state index contributed by atoms with van der Waals surface area (Å²) in [4.78, 5) is 48.2. The lowest BCUT2D eigenvalue weighted by molar-refractivity contribution is -0.145. The molecule has 0 fully saturated rings. The topological polar surface area (TPSA) is 102 Å². The lowest BCUT2D eigenvalue weighted by Gasteiger charge is -2.11. The van der Waals surface area contributed by atoms with Crippen LogP contribution in [0, 0.1) is 13.8 Å². The number of ether oxygens (including phenoxy) is 1. The van der Waals surface area contributed by atoms with Crippen molar-refractivity contribution >= 4 is 28.9 Å². The van der Waals surface area contributed by atoms with Crippen LogP contribution in [0.5, 0.6) is 0 Å². The zero-order valence-corrected chi connectivity index (χ0v) is 17.4. The van der Waals surface area contributed by atoms with Gasteiger partial charge in [0.2, 0.25) is 5.78 Å². The summed E-state index contributed by atoms with van der Waals surface area (Å²) >= 11 is 1.41. The van der Waals surface area contributed by atoms with Gasteiger partial charge in [0.25, 0.3) is 0 Å². The van der Waals surface area contributed by atoms with Crippen molar-refractivity contribution in [2.24, 2.45) is 0 Å². The first-order valence-electron chi connectivity index (χ1n) is 9.06. The number of pyridine rings is 1. The molecule has 0 aliphatic carbocycles. The van der Waals surface area contributed by atoms with E-state index in [-0.39, 0.29) is 18.0 Å². The Bertz CT molecular complexity index is 1070. The quantitative estimate of drug-likeness (QED) is 0.470. The predicted molar refractivity (Wildman–Crippen MR) is 109 cm³/mol. The van der Waals surface area contributed by atoms with Crippen LogP contribution in [0.25, 0.3) is 10.6 Å². The SMILES string of the molecule is CC(=O)c1c(C)[nH]c(C(=O)[C@H](C)OC(=O)Cc2csc(-c3cccnc3)n2)c1C. The summed E-state index contributed by atoms with van der Waals surface area (Å²) < 4.78 is 5.31. The van der Waals surface area contributed by atoms with Gasteiger partial charge >= 0.3 is 5.97 Å². The summed E-state index contributed by atoms with van der Waals surface area (Å²) in [5.74, 6) is -1.03. The van der Waals surface area contributed by atoms with E-state index < -0.39 is 12.1 Å². The number of rotatable bonds is 7. The summed E-state index contributed by atoms with van der Waals surface area (Å²) in [6.45, 7) is 6.41. The van der Waals surface area contributed by atoms with E-state index in [1.165, 1.54) is 25.2 Å². The number of carbonyl (C=O) groups excluding carboxylic acids is 3. The lowest BCUT2D eigenvalue weighted by atomic mass is 10.0. The van der Waals surface area contributed by atoms with E-state index >= 15 is 0 Å². The van der Waals surface area contributed by atoms with E-state index in [4.69, 9.17) is 4.74 Å². The van der Waals surface area contributed by atoms with Crippen LogP contribution in [-0.2, 0) is 16.0 Å². The molecule has 0 aromatic carbocycles. The van der Waals surface area contributed by atoms with Gasteiger partial charge in [0.1, 0.15) is 5.01 Å². The van der Waals surface area contributed by atoms with Gasteiger partial charge in [-0.25, -0.2) is 4.98 Å². The molecule has 3 aromatic rings. The molecule has 1 atom stereocenters. The van der Waals surface area contributed by atoms with E-state index in [0.29, 0.717) is 28.2 Å². The molecule has 1 N–H and O–H groups in total. The Hall–Kier alpha value is -3.13. The number of hydrogen-bond donors (Lipinski definition) is 1. The molecule has 0 spiro atoms. The fourth-order valence-electron chi connectivity index (χ4n) is 3.18. The van der Waals surface area contributed by atoms with Crippen molar-refractivity contribution in [3.63, 3.8) is 0 Å². The number of nitrogens with one attached hydrogen (secondary N) is 1. The van der Waals surface area contributed by atoms with Gasteiger partial charge in [-0.2, -0.15) is 0 Å². The molecule has 0 saturated carbocycles. The Labute approximate surface area is 172 Å². The largest absolute Gasteiger partial charge is 0.454 e. The maximum atomic E-state index is 12.7. The molecule has 0 saturated heterocycles. The van der Waals surface area contributed by atoms with Crippen molar-refractivity contribution in [2.75, 3.05) is 0 Å². The van der Waals surface area contributed by atoms with Crippen LogP contribution >= 0.6 is 11.3 Å². The third-order valence-electron chi connectivity index (χ3n) is 4.50. The first-order valence-corrected chi connectivity index (χ1v) is 9.94. The van der Waals surface area contributed by atoms with Gasteiger partial charge in [-0.1, -0.05) is 0 Å². The molecule has 29 heavy (non-hydrogen) atoms. The number of esters is 1. The molecular formula is C21H21N3O4S. The summed E-state index contributed by atoms with van der Waals surface area (Å²) in [5, 5.41) is 2.55. The highest BCUT2D eigenvalue weighted by atomic mass is 32.1. The highest BCUT2D eigenvalue weighted by Gasteiger charge is 2.26. The maximum Gasteiger partial charge on any atom is 0.312 e. The number of hydrogen-bond acceptors (Lipinski definition) is 7. The fraction of sp³-hybridized carbons (Fsp3) is 0.286. The third-order valence-corrected chi connectivity index (χ3v) is 5.44. The summed E-state index contributed by atoms with van der Waals surface area (Å²) in [7, 11) is 0. The van der Waals surface area contributed by atoms with Crippen molar-refractivity contribution in [3.8, 4) is 10.6 Å². The Kier molecular flexibility index (Phi) is 6.03. The van der Waals surface area contributed by atoms with E-state index in [1.54, 1.807) is 31.6 Å². The second-order valence-electron chi connectivity index (χ2n) is 6.74. The molecule has 150 valence electrons. The van der Waals surface area contributed by atoms with Gasteiger partial charge in [0.15, 0.2) is 11.9 Å². The minimum atomic E-state index is -0.976. The third kappa shape index (κ3) is 4.48. The number of aromatic nitrogens is 3. The average Bonchev–Trinajstić information content (AvgIpc) is 3.25. The van der Waals surface area contributed by atoms with Crippen molar-refractivity contribution in [3.05, 3.63) is 58.1 Å². The Balaban J connectivity index is 1.65. The fourth-order valence-corrected chi connectivity index (χ4v) is 3.99. The number of aryl methyl sites for hydroxylation is 1. The van der Waals surface area contributed by atoms with Gasteiger partial charge in [0, 0.05) is 34.6 Å². The molecule has 7 nitrogen and oxygen atoms in total. The summed E-state index contributed by atoms with van der Waals surface area (Å²) in [6.07, 6.45) is 2.38. The molecular weight excluding hydrogens is 390 g/mol. The highest BCUT2D eigenvalue weighted by molar-refractivity contribution is 7.13. The molecule has 0 aliphatic rings. The average molecular weight is 411 g/mol. The predicted octanol–water partition coefficient (Wildman–Crippen LogP) is 3.71. The zero-order chi connectivity index (χ0) is 21.1. The van der Waals surface area contributed by atoms with Crippen molar-refractivity contribution in [1.82, 2.24) is 15.0 Å². The van der Waals surface area contributed by atoms with Gasteiger partial charge < -0.3 is 9.72 Å². The highest BCUT2D eigenvalue weighted by Crippen LogP contribution is 2.23. The van der Waals surface area contributed by atoms with E-state index in [0.717, 1.165) is 10.6 Å². The molecule has 8 heteroatoms. The van der Waals surface area contributed by atoms with Crippen molar-refractivity contribution < 1.29 is 19.1 Å². The number of Topliss-reactive ketones (excluding diaryl/α,β-unsaturated/α-hetero) is 2. The first-order chi connectivity index (χ1) is 13.8. The van der Waals surface area contributed by atoms with Gasteiger partial charge in [-0.15, -0.1) is 11.3 Å². The van der Waals surface area contributed by atoms with Crippen LogP contribution < -0.4 is 0 Å². The minimum absolute atomic E-state index is 0.0319. The molecule has 3 aromatic heterocycles. The van der Waals surface area contributed by atoms with Crippen molar-refractivity contribution in [1.29, 1.82) is 0 Å². The number of aromatic amines is 1. The molecule has 3 heterocycles. The molecule has 0 amide bonds. The zero-order valence-electron chi connectivity index (χ0n) is 16.6. The number of H-pyrrole nitrogens is 1. The van der Waals surface area contributed by atoms with E-state index in [1.807, 2.05) is 12.1 Å². The van der Waals surface area contributed by atoms with Crippen LogP contribution in [0.4, 0.5) is 0 Å². The lowest BCUT2D eigenvalue weighted by Crippen LogP contribution is -2.26. The van der Waals surface area contributed by atoms with E-state index in [2.05, 4.69) is 15.0 Å². The van der Waals surface area contributed by atoms with Crippen LogP contribution in [0.1, 0.15) is 51.6 Å². The number of nitrogens with zero attached hydrogens (tertiary/aromatic N) is 2.